The second kappa shape index (κ2) is 5.65. The number of amides is 3. The zero-order valence-electron chi connectivity index (χ0n) is 11.6. The lowest BCUT2D eigenvalue weighted by Gasteiger charge is -2.15. The van der Waals surface area contributed by atoms with E-state index in [1.165, 1.54) is 0 Å². The standard InChI is InChI=1S/C15H17N3O3/c19-13-10-6-5-9(8-11(10)14(20)18-13)17-15(21)12-4-2-1-3-7-16-12/h5-6,8,12,16H,1-4,7H2,(H,17,21)(H,18,19,20). The first-order valence-electron chi connectivity index (χ1n) is 7.19. The van der Waals surface area contributed by atoms with Crippen molar-refractivity contribution in [3.63, 3.8) is 0 Å². The van der Waals surface area contributed by atoms with Gasteiger partial charge in [0.2, 0.25) is 5.91 Å². The fraction of sp³-hybridized carbons (Fsp3) is 0.400. The third-order valence-electron chi connectivity index (χ3n) is 3.88. The fourth-order valence-electron chi connectivity index (χ4n) is 2.73. The molecule has 6 nitrogen and oxygen atoms in total. The first-order chi connectivity index (χ1) is 10.1. The van der Waals surface area contributed by atoms with Crippen LogP contribution in [0.2, 0.25) is 0 Å². The molecular weight excluding hydrogens is 270 g/mol. The molecule has 2 heterocycles. The molecule has 21 heavy (non-hydrogen) atoms. The number of hydrogen-bond donors (Lipinski definition) is 3. The van der Waals surface area contributed by atoms with Gasteiger partial charge in [0.1, 0.15) is 0 Å². The fourth-order valence-corrected chi connectivity index (χ4v) is 2.73. The van der Waals surface area contributed by atoms with Gasteiger partial charge in [0.25, 0.3) is 11.8 Å². The Morgan fingerprint density at radius 2 is 1.90 bits per heavy atom. The van der Waals surface area contributed by atoms with Gasteiger partial charge in [-0.05, 0) is 37.6 Å². The molecule has 2 aliphatic heterocycles. The molecule has 1 atom stereocenters. The van der Waals surface area contributed by atoms with Crippen LogP contribution in [0, 0.1) is 0 Å². The molecule has 0 bridgehead atoms. The lowest BCUT2D eigenvalue weighted by atomic mass is 10.1. The number of carbonyl (C=O) groups excluding carboxylic acids is 3. The van der Waals surface area contributed by atoms with Gasteiger partial charge in [-0.3, -0.25) is 19.7 Å². The third kappa shape index (κ3) is 2.80. The molecule has 1 fully saturated rings. The predicted octanol–water partition coefficient (Wildman–Crippen LogP) is 1.04. The van der Waals surface area contributed by atoms with Crippen LogP contribution in [0.1, 0.15) is 46.4 Å². The van der Waals surface area contributed by atoms with E-state index in [9.17, 15) is 14.4 Å². The molecular formula is C15H17N3O3. The van der Waals surface area contributed by atoms with E-state index in [2.05, 4.69) is 16.0 Å². The van der Waals surface area contributed by atoms with Crippen molar-refractivity contribution in [3.05, 3.63) is 29.3 Å². The molecule has 1 unspecified atom stereocenters. The maximum atomic E-state index is 12.2. The number of fused-ring (bicyclic) bond motifs is 1. The zero-order valence-corrected chi connectivity index (χ0v) is 11.6. The molecule has 110 valence electrons. The summed E-state index contributed by atoms with van der Waals surface area (Å²) in [5.41, 5.74) is 1.20. The summed E-state index contributed by atoms with van der Waals surface area (Å²) in [6, 6.07) is 4.55. The topological polar surface area (TPSA) is 87.3 Å². The van der Waals surface area contributed by atoms with Gasteiger partial charge < -0.3 is 10.6 Å². The molecule has 3 amide bonds. The SMILES string of the molecule is O=C1NC(=O)c2cc(NC(=O)C3CCCCCN3)ccc21. The van der Waals surface area contributed by atoms with Crippen LogP contribution in [0.4, 0.5) is 5.69 Å². The van der Waals surface area contributed by atoms with Crippen LogP contribution in [-0.2, 0) is 4.79 Å². The Kier molecular flexibility index (Phi) is 3.70. The van der Waals surface area contributed by atoms with Crippen LogP contribution >= 0.6 is 0 Å². The van der Waals surface area contributed by atoms with Crippen molar-refractivity contribution in [1.82, 2.24) is 10.6 Å². The quantitative estimate of drug-likeness (QED) is 0.709. The summed E-state index contributed by atoms with van der Waals surface area (Å²) in [6.45, 7) is 0.846. The molecule has 0 aromatic heterocycles. The molecule has 0 radical (unpaired) electrons. The van der Waals surface area contributed by atoms with Gasteiger partial charge in [0.05, 0.1) is 17.2 Å². The van der Waals surface area contributed by atoms with E-state index in [1.54, 1.807) is 18.2 Å². The van der Waals surface area contributed by atoms with Crippen molar-refractivity contribution >= 4 is 23.4 Å². The molecule has 2 aliphatic rings. The largest absolute Gasteiger partial charge is 0.325 e. The number of benzene rings is 1. The highest BCUT2D eigenvalue weighted by atomic mass is 16.2. The van der Waals surface area contributed by atoms with Crippen LogP contribution < -0.4 is 16.0 Å². The summed E-state index contributed by atoms with van der Waals surface area (Å²) >= 11 is 0. The molecule has 0 saturated carbocycles. The lowest BCUT2D eigenvalue weighted by Crippen LogP contribution is -2.39. The summed E-state index contributed by atoms with van der Waals surface area (Å²) < 4.78 is 0. The summed E-state index contributed by atoms with van der Waals surface area (Å²) in [4.78, 5) is 35.3. The molecule has 0 spiro atoms. The van der Waals surface area contributed by atoms with Crippen molar-refractivity contribution in [1.29, 1.82) is 0 Å². The van der Waals surface area contributed by atoms with Gasteiger partial charge in [-0.2, -0.15) is 0 Å². The van der Waals surface area contributed by atoms with Crippen LogP contribution in [0.3, 0.4) is 0 Å². The maximum absolute atomic E-state index is 12.2. The van der Waals surface area contributed by atoms with Crippen molar-refractivity contribution in [3.8, 4) is 0 Å². The normalized spacial score (nSPS) is 21.4. The van der Waals surface area contributed by atoms with Crippen LogP contribution in [0.5, 0.6) is 0 Å². The van der Waals surface area contributed by atoms with Gasteiger partial charge in [-0.15, -0.1) is 0 Å². The molecule has 3 N–H and O–H groups in total. The number of imide groups is 1. The Morgan fingerprint density at radius 1 is 1.10 bits per heavy atom. The van der Waals surface area contributed by atoms with E-state index in [1.807, 2.05) is 0 Å². The summed E-state index contributed by atoms with van der Waals surface area (Å²) in [7, 11) is 0. The minimum absolute atomic E-state index is 0.0958. The van der Waals surface area contributed by atoms with E-state index in [0.717, 1.165) is 32.2 Å². The monoisotopic (exact) mass is 287 g/mol. The number of rotatable bonds is 2. The molecule has 3 rings (SSSR count). The highest BCUT2D eigenvalue weighted by molar-refractivity contribution is 6.22. The first-order valence-corrected chi connectivity index (χ1v) is 7.19. The predicted molar refractivity (Wildman–Crippen MR) is 77.1 cm³/mol. The van der Waals surface area contributed by atoms with Gasteiger partial charge >= 0.3 is 0 Å². The number of carbonyl (C=O) groups is 3. The van der Waals surface area contributed by atoms with Gasteiger partial charge in [0, 0.05) is 5.69 Å². The van der Waals surface area contributed by atoms with Crippen LogP contribution in [0.15, 0.2) is 18.2 Å². The van der Waals surface area contributed by atoms with Crippen LogP contribution in [-0.4, -0.2) is 30.3 Å². The van der Waals surface area contributed by atoms with E-state index in [-0.39, 0.29) is 11.9 Å². The first kappa shape index (κ1) is 13.8. The van der Waals surface area contributed by atoms with Gasteiger partial charge in [-0.1, -0.05) is 12.8 Å². The second-order valence-electron chi connectivity index (χ2n) is 5.39. The van der Waals surface area contributed by atoms with Crippen molar-refractivity contribution in [2.45, 2.75) is 31.7 Å². The van der Waals surface area contributed by atoms with Crippen molar-refractivity contribution in [2.24, 2.45) is 0 Å². The van der Waals surface area contributed by atoms with E-state index in [0.29, 0.717) is 16.8 Å². The summed E-state index contributed by atoms with van der Waals surface area (Å²) in [5, 5.41) is 8.27. The average Bonchev–Trinajstić information content (AvgIpc) is 2.68. The Balaban J connectivity index is 1.73. The summed E-state index contributed by atoms with van der Waals surface area (Å²) in [6.07, 6.45) is 4.07. The second-order valence-corrected chi connectivity index (χ2v) is 5.39. The number of hydrogen-bond acceptors (Lipinski definition) is 4. The Labute approximate surface area is 122 Å². The molecule has 0 aliphatic carbocycles. The molecule has 1 saturated heterocycles. The van der Waals surface area contributed by atoms with E-state index < -0.39 is 11.8 Å². The highest BCUT2D eigenvalue weighted by Gasteiger charge is 2.27. The Hall–Kier alpha value is -2.21. The minimum Gasteiger partial charge on any atom is -0.325 e. The highest BCUT2D eigenvalue weighted by Crippen LogP contribution is 2.20. The lowest BCUT2D eigenvalue weighted by molar-refractivity contribution is -0.118. The van der Waals surface area contributed by atoms with Gasteiger partial charge in [-0.25, -0.2) is 0 Å². The van der Waals surface area contributed by atoms with Crippen molar-refractivity contribution in [2.75, 3.05) is 11.9 Å². The minimum atomic E-state index is -0.418. The Morgan fingerprint density at radius 3 is 2.76 bits per heavy atom. The zero-order chi connectivity index (χ0) is 14.8. The van der Waals surface area contributed by atoms with Crippen molar-refractivity contribution < 1.29 is 14.4 Å². The third-order valence-corrected chi connectivity index (χ3v) is 3.88. The maximum Gasteiger partial charge on any atom is 0.259 e. The van der Waals surface area contributed by atoms with Gasteiger partial charge in [0.15, 0.2) is 0 Å². The smallest absolute Gasteiger partial charge is 0.259 e. The van der Waals surface area contributed by atoms with Crippen LogP contribution in [0.25, 0.3) is 0 Å². The molecule has 1 aromatic carbocycles. The molecule has 1 aromatic rings. The van der Waals surface area contributed by atoms with E-state index in [4.69, 9.17) is 0 Å². The molecule has 6 heteroatoms. The number of anilines is 1. The summed E-state index contributed by atoms with van der Waals surface area (Å²) in [5.74, 6) is -0.904. The average molecular weight is 287 g/mol. The van der Waals surface area contributed by atoms with E-state index >= 15 is 0 Å². The Bertz CT molecular complexity index is 604. The number of nitrogens with one attached hydrogen (secondary N) is 3.